The number of aromatic hydroxyl groups is 1. The zero-order chi connectivity index (χ0) is 19.7. The van der Waals surface area contributed by atoms with Crippen LogP contribution in [0.15, 0.2) is 41.8 Å². The molecule has 1 atom stereocenters. The minimum Gasteiger partial charge on any atom is -0.508 e. The standard InChI is InChI=1S/C21H20N2O3S2/c1-12-7-8-15-17(10-12)28-21(23-19(25)16-6-3-9-27-16)18(15)20(26)22-13-4-2-5-14(24)11-13/h2-6,9,11-12,24H,7-8,10H2,1H3,(H,22,26)(H,23,25)/t12-/m0/s1. The zero-order valence-electron chi connectivity index (χ0n) is 15.3. The summed E-state index contributed by atoms with van der Waals surface area (Å²) in [5, 5.41) is 17.9. The van der Waals surface area contributed by atoms with Crippen molar-refractivity contribution in [1.29, 1.82) is 0 Å². The fraction of sp³-hybridized carbons (Fsp3) is 0.238. The summed E-state index contributed by atoms with van der Waals surface area (Å²) in [4.78, 5) is 27.4. The lowest BCUT2D eigenvalue weighted by atomic mass is 9.88. The van der Waals surface area contributed by atoms with Crippen LogP contribution in [0.4, 0.5) is 10.7 Å². The molecule has 0 saturated carbocycles. The molecule has 1 aliphatic rings. The van der Waals surface area contributed by atoms with Gasteiger partial charge in [-0.05, 0) is 54.3 Å². The summed E-state index contributed by atoms with van der Waals surface area (Å²) in [6.07, 6.45) is 2.76. The Morgan fingerprint density at radius 1 is 1.14 bits per heavy atom. The SMILES string of the molecule is C[C@H]1CCc2c(sc(NC(=O)c3cccs3)c2C(=O)Nc2cccc(O)c2)C1. The molecule has 1 aromatic carbocycles. The monoisotopic (exact) mass is 412 g/mol. The summed E-state index contributed by atoms with van der Waals surface area (Å²) in [6, 6.07) is 10.1. The molecule has 4 rings (SSSR count). The molecule has 7 heteroatoms. The topological polar surface area (TPSA) is 78.4 Å². The van der Waals surface area contributed by atoms with E-state index < -0.39 is 0 Å². The van der Waals surface area contributed by atoms with Gasteiger partial charge in [0.05, 0.1) is 10.4 Å². The fourth-order valence-electron chi connectivity index (χ4n) is 3.43. The third kappa shape index (κ3) is 3.81. The van der Waals surface area contributed by atoms with Crippen LogP contribution < -0.4 is 10.6 Å². The number of hydrogen-bond acceptors (Lipinski definition) is 5. The number of hydrogen-bond donors (Lipinski definition) is 3. The number of nitrogens with one attached hydrogen (secondary N) is 2. The predicted molar refractivity (Wildman–Crippen MR) is 114 cm³/mol. The van der Waals surface area contributed by atoms with E-state index in [1.807, 2.05) is 11.4 Å². The first-order valence-electron chi connectivity index (χ1n) is 9.11. The van der Waals surface area contributed by atoms with Crippen LogP contribution in [0.2, 0.25) is 0 Å². The highest BCUT2D eigenvalue weighted by Crippen LogP contribution is 2.40. The summed E-state index contributed by atoms with van der Waals surface area (Å²) in [6.45, 7) is 2.21. The van der Waals surface area contributed by atoms with E-state index in [1.165, 1.54) is 33.6 Å². The van der Waals surface area contributed by atoms with Crippen molar-refractivity contribution in [3.63, 3.8) is 0 Å². The smallest absolute Gasteiger partial charge is 0.266 e. The summed E-state index contributed by atoms with van der Waals surface area (Å²) >= 11 is 2.86. The van der Waals surface area contributed by atoms with Crippen LogP contribution >= 0.6 is 22.7 Å². The minimum absolute atomic E-state index is 0.0881. The van der Waals surface area contributed by atoms with Gasteiger partial charge in [-0.1, -0.05) is 19.1 Å². The van der Waals surface area contributed by atoms with Crippen molar-refractivity contribution in [2.24, 2.45) is 5.92 Å². The number of amides is 2. The first-order chi connectivity index (χ1) is 13.5. The average molecular weight is 413 g/mol. The Hall–Kier alpha value is -2.64. The van der Waals surface area contributed by atoms with Gasteiger partial charge in [0.25, 0.3) is 11.8 Å². The largest absolute Gasteiger partial charge is 0.508 e. The van der Waals surface area contributed by atoms with Crippen LogP contribution in [0.5, 0.6) is 5.75 Å². The van der Waals surface area contributed by atoms with E-state index in [4.69, 9.17) is 0 Å². The average Bonchev–Trinajstić information content (AvgIpc) is 3.29. The van der Waals surface area contributed by atoms with Crippen molar-refractivity contribution in [2.75, 3.05) is 10.6 Å². The lowest BCUT2D eigenvalue weighted by Crippen LogP contribution is -2.19. The van der Waals surface area contributed by atoms with Crippen LogP contribution in [0.1, 0.15) is 43.8 Å². The lowest BCUT2D eigenvalue weighted by Gasteiger charge is -2.18. The quantitative estimate of drug-likeness (QED) is 0.555. The fourth-order valence-corrected chi connectivity index (χ4v) is 5.45. The van der Waals surface area contributed by atoms with E-state index in [0.717, 1.165) is 24.8 Å². The summed E-state index contributed by atoms with van der Waals surface area (Å²) in [5.74, 6) is 0.186. The van der Waals surface area contributed by atoms with Gasteiger partial charge in [0.1, 0.15) is 10.8 Å². The molecule has 0 spiro atoms. The number of thiophene rings is 2. The van der Waals surface area contributed by atoms with Gasteiger partial charge in [0.2, 0.25) is 0 Å². The molecule has 2 amide bonds. The Bertz CT molecular complexity index is 1020. The number of rotatable bonds is 4. The molecule has 3 aromatic rings. The van der Waals surface area contributed by atoms with Gasteiger partial charge in [0.15, 0.2) is 0 Å². The van der Waals surface area contributed by atoms with Crippen LogP contribution in [0, 0.1) is 5.92 Å². The minimum atomic E-state index is -0.265. The van der Waals surface area contributed by atoms with Crippen molar-refractivity contribution >= 4 is 45.2 Å². The van der Waals surface area contributed by atoms with Crippen LogP contribution in [0.25, 0.3) is 0 Å². The van der Waals surface area contributed by atoms with Gasteiger partial charge < -0.3 is 15.7 Å². The highest BCUT2D eigenvalue weighted by molar-refractivity contribution is 7.17. The van der Waals surface area contributed by atoms with E-state index >= 15 is 0 Å². The number of fused-ring (bicyclic) bond motifs is 1. The molecule has 0 fully saturated rings. The van der Waals surface area contributed by atoms with Crippen molar-refractivity contribution in [2.45, 2.75) is 26.2 Å². The number of carbonyl (C=O) groups is 2. The number of anilines is 2. The first kappa shape index (κ1) is 18.7. The van der Waals surface area contributed by atoms with Crippen molar-refractivity contribution in [3.05, 3.63) is 62.7 Å². The summed E-state index contributed by atoms with van der Waals surface area (Å²) in [5.41, 5.74) is 2.09. The molecule has 28 heavy (non-hydrogen) atoms. The maximum atomic E-state index is 13.1. The van der Waals surface area contributed by atoms with Crippen molar-refractivity contribution < 1.29 is 14.7 Å². The Morgan fingerprint density at radius 2 is 2.00 bits per heavy atom. The van der Waals surface area contributed by atoms with Crippen molar-refractivity contribution in [3.8, 4) is 5.75 Å². The van der Waals surface area contributed by atoms with Crippen LogP contribution in [-0.4, -0.2) is 16.9 Å². The summed E-state index contributed by atoms with van der Waals surface area (Å²) < 4.78 is 0. The third-order valence-electron chi connectivity index (χ3n) is 4.81. The van der Waals surface area contributed by atoms with Gasteiger partial charge in [0, 0.05) is 16.6 Å². The molecule has 0 saturated heterocycles. The first-order valence-corrected chi connectivity index (χ1v) is 10.8. The Kier molecular flexibility index (Phi) is 5.19. The van der Waals surface area contributed by atoms with Crippen molar-refractivity contribution in [1.82, 2.24) is 0 Å². The van der Waals surface area contributed by atoms with E-state index in [2.05, 4.69) is 17.6 Å². The molecule has 144 valence electrons. The molecule has 0 unspecified atom stereocenters. The molecule has 2 aromatic heterocycles. The molecular weight excluding hydrogens is 392 g/mol. The second-order valence-corrected chi connectivity index (χ2v) is 9.04. The second-order valence-electron chi connectivity index (χ2n) is 6.99. The van der Waals surface area contributed by atoms with Gasteiger partial charge in [-0.15, -0.1) is 22.7 Å². The van der Waals surface area contributed by atoms with Gasteiger partial charge in [-0.2, -0.15) is 0 Å². The molecular formula is C21H20N2O3S2. The molecule has 0 bridgehead atoms. The second kappa shape index (κ2) is 7.77. The van der Waals surface area contributed by atoms with Gasteiger partial charge in [-0.3, -0.25) is 9.59 Å². The number of phenolic OH excluding ortho intramolecular Hbond substituents is 1. The van der Waals surface area contributed by atoms with E-state index in [1.54, 1.807) is 24.3 Å². The molecule has 5 nitrogen and oxygen atoms in total. The van der Waals surface area contributed by atoms with Crippen LogP contribution in [-0.2, 0) is 12.8 Å². The summed E-state index contributed by atoms with van der Waals surface area (Å²) in [7, 11) is 0. The zero-order valence-corrected chi connectivity index (χ0v) is 17.0. The predicted octanol–water partition coefficient (Wildman–Crippen LogP) is 5.14. The molecule has 0 aliphatic heterocycles. The molecule has 1 aliphatic carbocycles. The molecule has 0 radical (unpaired) electrons. The van der Waals surface area contributed by atoms with Gasteiger partial charge in [-0.25, -0.2) is 0 Å². The Morgan fingerprint density at radius 3 is 2.75 bits per heavy atom. The van der Waals surface area contributed by atoms with Crippen LogP contribution in [0.3, 0.4) is 0 Å². The number of benzene rings is 1. The number of phenols is 1. The highest BCUT2D eigenvalue weighted by Gasteiger charge is 2.28. The Labute approximate surface area is 171 Å². The van der Waals surface area contributed by atoms with Gasteiger partial charge >= 0.3 is 0 Å². The lowest BCUT2D eigenvalue weighted by molar-refractivity contribution is 0.102. The molecule has 2 heterocycles. The van der Waals surface area contributed by atoms with E-state index in [0.29, 0.717) is 27.0 Å². The van der Waals surface area contributed by atoms with E-state index in [9.17, 15) is 14.7 Å². The Balaban J connectivity index is 1.67. The maximum Gasteiger partial charge on any atom is 0.266 e. The van der Waals surface area contributed by atoms with E-state index in [-0.39, 0.29) is 17.6 Å². The highest BCUT2D eigenvalue weighted by atomic mass is 32.1. The third-order valence-corrected chi connectivity index (χ3v) is 6.85. The normalized spacial score (nSPS) is 15.7. The maximum absolute atomic E-state index is 13.1. The molecule has 3 N–H and O–H groups in total. The number of carbonyl (C=O) groups excluding carboxylic acids is 2.